The molecule has 0 N–H and O–H groups in total. The summed E-state index contributed by atoms with van der Waals surface area (Å²) < 4.78 is 24.9. The van der Waals surface area contributed by atoms with Crippen LogP contribution < -0.4 is 0 Å². The number of carbonyl (C=O) groups excluding carboxylic acids is 2. The standard InChI is InChI=1S/C20H29FN2O4/c1-20(2,3)27-19(25)22(4)11-7-10-18(24)23-12-13-26-17(14-23)15-8-5-6-9-16(15)21/h5-6,8-9,17H,7,10-14H2,1-4H3. The van der Waals surface area contributed by atoms with Crippen LogP contribution in [-0.2, 0) is 14.3 Å². The smallest absolute Gasteiger partial charge is 0.410 e. The highest BCUT2D eigenvalue weighted by atomic mass is 19.1. The molecule has 0 bridgehead atoms. The molecule has 1 fully saturated rings. The van der Waals surface area contributed by atoms with E-state index in [1.807, 2.05) is 20.8 Å². The molecule has 27 heavy (non-hydrogen) atoms. The van der Waals surface area contributed by atoms with E-state index < -0.39 is 17.8 Å². The summed E-state index contributed by atoms with van der Waals surface area (Å²) in [5, 5.41) is 0. The molecule has 6 nitrogen and oxygen atoms in total. The van der Waals surface area contributed by atoms with E-state index in [-0.39, 0.29) is 11.7 Å². The molecule has 1 atom stereocenters. The Balaban J connectivity index is 1.80. The number of amides is 2. The third-order valence-electron chi connectivity index (χ3n) is 4.26. The van der Waals surface area contributed by atoms with Crippen LogP contribution in [0.4, 0.5) is 9.18 Å². The van der Waals surface area contributed by atoms with Crippen molar-refractivity contribution in [1.82, 2.24) is 9.80 Å². The SMILES string of the molecule is CN(CCCC(=O)N1CCOC(c2ccccc2F)C1)C(=O)OC(C)(C)C. The predicted molar refractivity (Wildman–Crippen MR) is 99.8 cm³/mol. The summed E-state index contributed by atoms with van der Waals surface area (Å²) in [5.41, 5.74) is -0.0730. The molecule has 0 saturated carbocycles. The fourth-order valence-corrected chi connectivity index (χ4v) is 2.86. The van der Waals surface area contributed by atoms with Crippen molar-refractivity contribution in [1.29, 1.82) is 0 Å². The lowest BCUT2D eigenvalue weighted by atomic mass is 10.1. The molecule has 0 radical (unpaired) electrons. The highest BCUT2D eigenvalue weighted by Crippen LogP contribution is 2.25. The quantitative estimate of drug-likeness (QED) is 0.786. The van der Waals surface area contributed by atoms with Crippen molar-refractivity contribution in [3.63, 3.8) is 0 Å². The van der Waals surface area contributed by atoms with E-state index in [0.29, 0.717) is 44.6 Å². The number of nitrogens with zero attached hydrogens (tertiary/aromatic N) is 2. The molecule has 2 amide bonds. The van der Waals surface area contributed by atoms with Gasteiger partial charge in [0.25, 0.3) is 0 Å². The summed E-state index contributed by atoms with van der Waals surface area (Å²) in [7, 11) is 1.65. The first kappa shape index (κ1) is 21.2. The summed E-state index contributed by atoms with van der Waals surface area (Å²) in [6.45, 7) is 7.07. The van der Waals surface area contributed by atoms with Crippen LogP contribution >= 0.6 is 0 Å². The number of ether oxygens (including phenoxy) is 2. The van der Waals surface area contributed by atoms with Crippen LogP contribution in [0.1, 0.15) is 45.3 Å². The second-order valence-corrected chi connectivity index (χ2v) is 7.73. The summed E-state index contributed by atoms with van der Waals surface area (Å²) in [4.78, 5) is 27.6. The van der Waals surface area contributed by atoms with Crippen LogP contribution in [0.5, 0.6) is 0 Å². The van der Waals surface area contributed by atoms with Crippen LogP contribution in [0.2, 0.25) is 0 Å². The summed E-state index contributed by atoms with van der Waals surface area (Å²) in [6, 6.07) is 6.47. The molecule has 2 rings (SSSR count). The fourth-order valence-electron chi connectivity index (χ4n) is 2.86. The molecule has 0 spiro atoms. The molecule has 150 valence electrons. The molecule has 1 aromatic carbocycles. The van der Waals surface area contributed by atoms with Crippen LogP contribution in [-0.4, -0.2) is 60.7 Å². The normalized spacial score (nSPS) is 17.5. The highest BCUT2D eigenvalue weighted by Gasteiger charge is 2.27. The number of carbonyl (C=O) groups is 2. The number of halogens is 1. The first-order valence-electron chi connectivity index (χ1n) is 9.25. The van der Waals surface area contributed by atoms with E-state index in [1.54, 1.807) is 30.1 Å². The van der Waals surface area contributed by atoms with Crippen molar-refractivity contribution in [3.8, 4) is 0 Å². The van der Waals surface area contributed by atoms with Gasteiger partial charge >= 0.3 is 6.09 Å². The van der Waals surface area contributed by atoms with Gasteiger partial charge in [0.1, 0.15) is 17.5 Å². The van der Waals surface area contributed by atoms with Crippen molar-refractivity contribution in [3.05, 3.63) is 35.6 Å². The average Bonchev–Trinajstić information content (AvgIpc) is 2.60. The van der Waals surface area contributed by atoms with E-state index in [0.717, 1.165) is 0 Å². The summed E-state index contributed by atoms with van der Waals surface area (Å²) >= 11 is 0. The molecule has 1 aromatic rings. The van der Waals surface area contributed by atoms with Crippen molar-refractivity contribution in [2.75, 3.05) is 33.3 Å². The number of hydrogen-bond acceptors (Lipinski definition) is 4. The molecule has 1 aliphatic rings. The monoisotopic (exact) mass is 380 g/mol. The first-order valence-corrected chi connectivity index (χ1v) is 9.25. The topological polar surface area (TPSA) is 59.1 Å². The van der Waals surface area contributed by atoms with Crippen LogP contribution in [0, 0.1) is 5.82 Å². The lowest BCUT2D eigenvalue weighted by Gasteiger charge is -2.33. The first-order chi connectivity index (χ1) is 12.7. The summed E-state index contributed by atoms with van der Waals surface area (Å²) in [6.07, 6.45) is 0.00207. The Morgan fingerprint density at radius 2 is 2.04 bits per heavy atom. The number of rotatable bonds is 5. The maximum Gasteiger partial charge on any atom is 0.410 e. The Morgan fingerprint density at radius 1 is 1.33 bits per heavy atom. The molecular weight excluding hydrogens is 351 g/mol. The Hall–Kier alpha value is -2.15. The van der Waals surface area contributed by atoms with Gasteiger partial charge in [0.2, 0.25) is 5.91 Å². The van der Waals surface area contributed by atoms with E-state index in [1.165, 1.54) is 11.0 Å². The van der Waals surface area contributed by atoms with Gasteiger partial charge in [0.15, 0.2) is 0 Å². The maximum atomic E-state index is 14.0. The molecule has 1 aliphatic heterocycles. The van der Waals surface area contributed by atoms with Crippen LogP contribution in [0.25, 0.3) is 0 Å². The lowest BCUT2D eigenvalue weighted by Crippen LogP contribution is -2.42. The highest BCUT2D eigenvalue weighted by molar-refractivity contribution is 5.76. The minimum Gasteiger partial charge on any atom is -0.444 e. The zero-order valence-corrected chi connectivity index (χ0v) is 16.5. The molecular formula is C20H29FN2O4. The molecule has 1 heterocycles. The van der Waals surface area contributed by atoms with Crippen LogP contribution in [0.15, 0.2) is 24.3 Å². The van der Waals surface area contributed by atoms with Gasteiger partial charge in [-0.25, -0.2) is 9.18 Å². The van der Waals surface area contributed by atoms with Gasteiger partial charge in [0, 0.05) is 32.1 Å². The molecule has 0 aliphatic carbocycles. The zero-order chi connectivity index (χ0) is 20.0. The van der Waals surface area contributed by atoms with Gasteiger partial charge in [-0.1, -0.05) is 18.2 Å². The third kappa shape index (κ3) is 6.50. The van der Waals surface area contributed by atoms with Gasteiger partial charge in [0.05, 0.1) is 13.2 Å². The van der Waals surface area contributed by atoms with Gasteiger partial charge < -0.3 is 19.3 Å². The number of benzene rings is 1. The fraction of sp³-hybridized carbons (Fsp3) is 0.600. The Labute approximate surface area is 160 Å². The van der Waals surface area contributed by atoms with Gasteiger partial charge in [-0.15, -0.1) is 0 Å². The van der Waals surface area contributed by atoms with Crippen molar-refractivity contribution < 1.29 is 23.5 Å². The zero-order valence-electron chi connectivity index (χ0n) is 16.5. The molecule has 7 heteroatoms. The predicted octanol–water partition coefficient (Wildman–Crippen LogP) is 3.37. The van der Waals surface area contributed by atoms with Gasteiger partial charge in [-0.05, 0) is 33.3 Å². The second kappa shape index (κ2) is 9.17. The van der Waals surface area contributed by atoms with Gasteiger partial charge in [-0.3, -0.25) is 4.79 Å². The largest absolute Gasteiger partial charge is 0.444 e. The Morgan fingerprint density at radius 3 is 2.70 bits per heavy atom. The van der Waals surface area contributed by atoms with E-state index in [4.69, 9.17) is 9.47 Å². The number of hydrogen-bond donors (Lipinski definition) is 0. The van der Waals surface area contributed by atoms with Crippen molar-refractivity contribution in [2.45, 2.75) is 45.3 Å². The minimum absolute atomic E-state index is 0.0165. The van der Waals surface area contributed by atoms with Crippen molar-refractivity contribution in [2.24, 2.45) is 0 Å². The van der Waals surface area contributed by atoms with E-state index in [2.05, 4.69) is 0 Å². The summed E-state index contributed by atoms with van der Waals surface area (Å²) in [5.74, 6) is -0.340. The molecule has 1 saturated heterocycles. The Bertz CT molecular complexity index is 660. The third-order valence-corrected chi connectivity index (χ3v) is 4.26. The Kier molecular flexibility index (Phi) is 7.18. The molecule has 1 unspecified atom stereocenters. The maximum absolute atomic E-state index is 14.0. The van der Waals surface area contributed by atoms with Crippen molar-refractivity contribution >= 4 is 12.0 Å². The lowest BCUT2D eigenvalue weighted by molar-refractivity contribution is -0.139. The second-order valence-electron chi connectivity index (χ2n) is 7.73. The number of morpholine rings is 1. The van der Waals surface area contributed by atoms with Gasteiger partial charge in [-0.2, -0.15) is 0 Å². The van der Waals surface area contributed by atoms with E-state index in [9.17, 15) is 14.0 Å². The average molecular weight is 380 g/mol. The minimum atomic E-state index is -0.545. The van der Waals surface area contributed by atoms with Crippen LogP contribution in [0.3, 0.4) is 0 Å². The molecule has 0 aromatic heterocycles. The van der Waals surface area contributed by atoms with E-state index >= 15 is 0 Å².